The van der Waals surface area contributed by atoms with Crippen LogP contribution in [0.5, 0.6) is 0 Å². The molecule has 6 heterocycles. The molecule has 0 unspecified atom stereocenters. The minimum absolute atomic E-state index is 0.512. The van der Waals surface area contributed by atoms with Crippen LogP contribution in [0.1, 0.15) is 0 Å². The molecule has 0 amide bonds. The monoisotopic (exact) mass is 1360 g/mol. The fourth-order valence-electron chi connectivity index (χ4n) is 15.2. The average Bonchev–Trinajstić information content (AvgIpc) is 1.55. The van der Waals surface area contributed by atoms with Crippen molar-refractivity contribution in [2.45, 2.75) is 0 Å². The number of para-hydroxylation sites is 2. The van der Waals surface area contributed by atoms with Gasteiger partial charge in [-0.15, -0.1) is 0 Å². The summed E-state index contributed by atoms with van der Waals surface area (Å²) < 4.78 is 18.0. The molecule has 496 valence electrons. The van der Waals surface area contributed by atoms with Gasteiger partial charge in [0, 0.05) is 65.3 Å². The van der Waals surface area contributed by atoms with Gasteiger partial charge in [0.2, 0.25) is 11.9 Å². The van der Waals surface area contributed by atoms with Crippen LogP contribution in [-0.2, 0) is 0 Å². The van der Waals surface area contributed by atoms with Gasteiger partial charge in [-0.25, -0.2) is 9.97 Å². The van der Waals surface area contributed by atoms with E-state index in [2.05, 4.69) is 252 Å². The highest BCUT2D eigenvalue weighted by atomic mass is 16.3. The largest absolute Gasteiger partial charge is 0.454 e. The van der Waals surface area contributed by atoms with E-state index in [1.54, 1.807) is 0 Å². The van der Waals surface area contributed by atoms with Crippen molar-refractivity contribution in [1.29, 1.82) is 0 Å². The van der Waals surface area contributed by atoms with Gasteiger partial charge in [0.1, 0.15) is 22.2 Å². The lowest BCUT2D eigenvalue weighted by molar-refractivity contribution is 0.670. The molecule has 21 aromatic rings. The molecule has 10 nitrogen and oxygen atoms in total. The second-order valence-corrected chi connectivity index (χ2v) is 26.5. The van der Waals surface area contributed by atoms with Gasteiger partial charge in [-0.1, -0.05) is 315 Å². The zero-order chi connectivity index (χ0) is 70.0. The highest BCUT2D eigenvalue weighted by molar-refractivity contribution is 6.26. The van der Waals surface area contributed by atoms with Crippen LogP contribution in [-0.4, -0.2) is 39.0 Å². The van der Waals surface area contributed by atoms with Crippen LogP contribution in [0, 0.1) is 0 Å². The van der Waals surface area contributed by atoms with Crippen LogP contribution < -0.4 is 0 Å². The molecule has 0 N–H and O–H groups in total. The molecule has 0 aliphatic rings. The van der Waals surface area contributed by atoms with E-state index in [4.69, 9.17) is 38.7 Å². The van der Waals surface area contributed by atoms with E-state index in [1.807, 2.05) is 121 Å². The van der Waals surface area contributed by atoms with Gasteiger partial charge >= 0.3 is 0 Å². The van der Waals surface area contributed by atoms with Crippen LogP contribution >= 0.6 is 0 Å². The molecule has 0 saturated carbocycles. The van der Waals surface area contributed by atoms with Crippen molar-refractivity contribution in [3.05, 3.63) is 364 Å². The maximum atomic E-state index is 6.81. The number of hydrogen-bond acceptors (Lipinski definition) is 8. The molecule has 6 aromatic heterocycles. The summed E-state index contributed by atoms with van der Waals surface area (Å²) in [6, 6.07) is 126. The van der Waals surface area contributed by atoms with E-state index < -0.39 is 0 Å². The number of hydrogen-bond donors (Lipinski definition) is 0. The number of aromatic nitrogens is 8. The number of nitrogens with zero attached hydrogens (tertiary/aromatic N) is 8. The smallest absolute Gasteiger partial charge is 0.238 e. The van der Waals surface area contributed by atoms with E-state index in [0.717, 1.165) is 165 Å². The molecule has 10 heteroatoms. The Hall–Kier alpha value is -14.5. The summed E-state index contributed by atoms with van der Waals surface area (Å²) in [6.45, 7) is 0. The molecular formula is C96H60N8O2. The van der Waals surface area contributed by atoms with E-state index in [-0.39, 0.29) is 0 Å². The fourth-order valence-corrected chi connectivity index (χ4v) is 15.2. The number of furan rings is 2. The molecule has 0 aliphatic heterocycles. The van der Waals surface area contributed by atoms with Crippen LogP contribution in [0.2, 0.25) is 0 Å². The van der Waals surface area contributed by atoms with E-state index in [9.17, 15) is 0 Å². The van der Waals surface area contributed by atoms with Gasteiger partial charge in [0.05, 0.1) is 11.0 Å². The van der Waals surface area contributed by atoms with Gasteiger partial charge in [0.15, 0.2) is 34.5 Å². The van der Waals surface area contributed by atoms with E-state index >= 15 is 0 Å². The predicted molar refractivity (Wildman–Crippen MR) is 432 cm³/mol. The molecule has 106 heavy (non-hydrogen) atoms. The molecule has 21 rings (SSSR count). The van der Waals surface area contributed by atoms with Gasteiger partial charge in [0.25, 0.3) is 0 Å². The van der Waals surface area contributed by atoms with Crippen molar-refractivity contribution in [3.8, 4) is 113 Å². The molecule has 0 bridgehead atoms. The second kappa shape index (κ2) is 25.8. The Morgan fingerprint density at radius 1 is 0.198 bits per heavy atom. The zero-order valence-corrected chi connectivity index (χ0v) is 57.0. The first kappa shape index (κ1) is 61.4. The minimum atomic E-state index is 0.512. The zero-order valence-electron chi connectivity index (χ0n) is 57.0. The summed E-state index contributed by atoms with van der Waals surface area (Å²) in [5, 5.41) is 8.54. The minimum Gasteiger partial charge on any atom is -0.454 e. The van der Waals surface area contributed by atoms with Crippen LogP contribution in [0.15, 0.2) is 373 Å². The Kier molecular flexibility index (Phi) is 15.0. The van der Waals surface area contributed by atoms with Crippen molar-refractivity contribution < 1.29 is 8.83 Å². The van der Waals surface area contributed by atoms with Gasteiger partial charge in [-0.2, -0.15) is 19.9 Å². The van der Waals surface area contributed by atoms with Crippen LogP contribution in [0.3, 0.4) is 0 Å². The molecule has 0 atom stereocenters. The third-order valence-electron chi connectivity index (χ3n) is 20.1. The molecule has 0 fully saturated rings. The third kappa shape index (κ3) is 10.7. The highest BCUT2D eigenvalue weighted by Crippen LogP contribution is 2.48. The van der Waals surface area contributed by atoms with E-state index in [1.165, 1.54) is 0 Å². The summed E-state index contributed by atoms with van der Waals surface area (Å²) in [5.41, 5.74) is 21.9. The quantitative estimate of drug-likeness (QED) is 0.126. The normalized spacial score (nSPS) is 11.6. The van der Waals surface area contributed by atoms with Crippen molar-refractivity contribution >= 4 is 87.5 Å². The average molecular weight is 1360 g/mol. The maximum absolute atomic E-state index is 6.81. The first-order chi connectivity index (χ1) is 52.6. The lowest BCUT2D eigenvalue weighted by atomic mass is 9.94. The summed E-state index contributed by atoms with van der Waals surface area (Å²) in [5.74, 6) is 3.41. The summed E-state index contributed by atoms with van der Waals surface area (Å²) in [7, 11) is 0. The molecular weight excluding hydrogens is 1300 g/mol. The second-order valence-electron chi connectivity index (χ2n) is 26.5. The van der Waals surface area contributed by atoms with Crippen LogP contribution in [0.25, 0.3) is 201 Å². The third-order valence-corrected chi connectivity index (χ3v) is 20.1. The standard InChI is InChI=1S/C51H32N4O.C45H28N4O/c1-5-15-33(16-6-1)35-25-27-38(28-26-35)50-52-49(37-21-11-4-12-22-37)53-51(54-50)55-44-32-39(34-17-7-2-8-18-34)31-43(36-19-9-3-10-20-36)46(44)42-30-29-41-40-23-13-14-24-45(40)56-48(41)47(42)55;1-5-15-29(16-6-1)33-27-37(30-17-7-2-8-18-30)40-36-26-25-35-34-23-13-14-24-39(34)50-42(35)41(36)49(38(40)28-33)45-47-43(31-19-9-3-10-20-31)46-44(48-45)32-21-11-4-12-22-32/h1-32H;1-28H. The topological polar surface area (TPSA) is 113 Å². The van der Waals surface area contributed by atoms with Gasteiger partial charge in [-0.05, 0) is 104 Å². The number of benzene rings is 15. The predicted octanol–water partition coefficient (Wildman–Crippen LogP) is 24.7. The first-order valence-electron chi connectivity index (χ1n) is 35.5. The van der Waals surface area contributed by atoms with Crippen molar-refractivity contribution in [2.75, 3.05) is 0 Å². The highest BCUT2D eigenvalue weighted by Gasteiger charge is 2.28. The summed E-state index contributed by atoms with van der Waals surface area (Å²) in [4.78, 5) is 31.2. The van der Waals surface area contributed by atoms with Crippen molar-refractivity contribution in [1.82, 2.24) is 39.0 Å². The number of fused-ring (bicyclic) bond motifs is 14. The lowest BCUT2D eigenvalue weighted by Gasteiger charge is -2.13. The maximum Gasteiger partial charge on any atom is 0.238 e. The van der Waals surface area contributed by atoms with Crippen molar-refractivity contribution in [2.24, 2.45) is 0 Å². The molecule has 15 aromatic carbocycles. The molecule has 0 aliphatic carbocycles. The Bertz CT molecular complexity index is 6830. The molecule has 0 saturated heterocycles. The van der Waals surface area contributed by atoms with Gasteiger partial charge < -0.3 is 8.83 Å². The Labute approximate surface area is 608 Å². The summed E-state index contributed by atoms with van der Waals surface area (Å²) in [6.07, 6.45) is 0. The SMILES string of the molecule is c1ccc(-c2cc(-c3ccccc3)c3c4ccc5c6ccccc6oc5c4n(-c4nc(-c5ccccc5)nc(-c5ccccc5)n4)c3c2)cc1.c1ccc(-c2ccc(-c3nc(-c4ccccc4)nc(-n4c5cc(-c6ccccc6)cc(-c6ccccc6)c5c5ccc6c7ccccc7oc6c54)n3)cc2)cc1. The fraction of sp³-hybridized carbons (Fsp3) is 0. The molecule has 0 spiro atoms. The van der Waals surface area contributed by atoms with E-state index in [0.29, 0.717) is 35.2 Å². The van der Waals surface area contributed by atoms with Crippen LogP contribution in [0.4, 0.5) is 0 Å². The van der Waals surface area contributed by atoms with Crippen molar-refractivity contribution in [3.63, 3.8) is 0 Å². The van der Waals surface area contributed by atoms with Gasteiger partial charge in [-0.3, -0.25) is 9.13 Å². The molecule has 0 radical (unpaired) electrons. The summed E-state index contributed by atoms with van der Waals surface area (Å²) >= 11 is 0. The lowest BCUT2D eigenvalue weighted by Crippen LogP contribution is -2.06. The Morgan fingerprint density at radius 3 is 0.811 bits per heavy atom. The Morgan fingerprint density at radius 2 is 0.462 bits per heavy atom. The Balaban J connectivity index is 0.000000141. The first-order valence-corrected chi connectivity index (χ1v) is 35.5. The number of rotatable bonds is 11.